The van der Waals surface area contributed by atoms with Gasteiger partial charge in [-0.2, -0.15) is 5.26 Å². The molecule has 1 aliphatic carbocycles. The Bertz CT molecular complexity index is 1200. The van der Waals surface area contributed by atoms with Gasteiger partial charge in [-0.3, -0.25) is 4.79 Å². The Balaban J connectivity index is 1.31. The molecule has 0 saturated carbocycles. The maximum atomic E-state index is 12.3. The Morgan fingerprint density at radius 3 is 3.03 bits per heavy atom. The van der Waals surface area contributed by atoms with Crippen LogP contribution in [0.25, 0.3) is 6.08 Å². The maximum absolute atomic E-state index is 12.3. The van der Waals surface area contributed by atoms with Crippen molar-refractivity contribution in [1.29, 1.82) is 5.26 Å². The van der Waals surface area contributed by atoms with E-state index in [4.69, 9.17) is 13.7 Å². The molecular weight excluding hydrogens is 444 g/mol. The number of rotatable bonds is 7. The van der Waals surface area contributed by atoms with Crippen LogP contribution in [0.5, 0.6) is 0 Å². The first-order valence-electron chi connectivity index (χ1n) is 10.4. The van der Waals surface area contributed by atoms with Gasteiger partial charge in [-0.1, -0.05) is 5.16 Å². The molecule has 9 nitrogen and oxygen atoms in total. The highest BCUT2D eigenvalue weighted by molar-refractivity contribution is 7.16. The number of fused-ring (bicyclic) bond motifs is 1. The van der Waals surface area contributed by atoms with Gasteiger partial charge in [-0.05, 0) is 49.8 Å². The van der Waals surface area contributed by atoms with Crippen molar-refractivity contribution in [2.75, 3.05) is 11.9 Å². The summed E-state index contributed by atoms with van der Waals surface area (Å²) >= 11 is 1.41. The number of aryl methyl sites for hydroxylation is 1. The monoisotopic (exact) mass is 466 g/mol. The fraction of sp³-hybridized carbons (Fsp3) is 0.304. The van der Waals surface area contributed by atoms with E-state index in [0.717, 1.165) is 33.7 Å². The number of nitriles is 1. The van der Waals surface area contributed by atoms with Crippen LogP contribution in [0.4, 0.5) is 9.80 Å². The Labute approximate surface area is 194 Å². The molecule has 2 N–H and O–H groups in total. The lowest BCUT2D eigenvalue weighted by Gasteiger charge is -2.21. The number of anilines is 1. The molecule has 1 aliphatic rings. The van der Waals surface area contributed by atoms with Crippen LogP contribution < -0.4 is 10.6 Å². The molecule has 4 rings (SSSR count). The molecule has 1 atom stereocenters. The number of furan rings is 1. The van der Waals surface area contributed by atoms with Gasteiger partial charge in [-0.15, -0.1) is 11.3 Å². The Hall–Kier alpha value is -3.84. The van der Waals surface area contributed by atoms with Crippen molar-refractivity contribution in [2.45, 2.75) is 32.7 Å². The highest BCUT2D eigenvalue weighted by Crippen LogP contribution is 2.39. The number of nitrogens with zero attached hydrogens (tertiary/aromatic N) is 2. The third kappa shape index (κ3) is 5.51. The number of carbonyl (C=O) groups excluding carboxylic acids is 2. The summed E-state index contributed by atoms with van der Waals surface area (Å²) in [5.41, 5.74) is 3.79. The van der Waals surface area contributed by atoms with Gasteiger partial charge in [0.05, 0.1) is 36.9 Å². The fourth-order valence-corrected chi connectivity index (χ4v) is 4.91. The molecule has 0 saturated heterocycles. The van der Waals surface area contributed by atoms with Gasteiger partial charge >= 0.3 is 6.09 Å². The second-order valence-corrected chi connectivity index (χ2v) is 8.79. The molecule has 170 valence electrons. The summed E-state index contributed by atoms with van der Waals surface area (Å²) in [4.78, 5) is 25.4. The molecule has 10 heteroatoms. The Morgan fingerprint density at radius 2 is 2.30 bits per heavy atom. The van der Waals surface area contributed by atoms with Crippen molar-refractivity contribution in [3.8, 4) is 6.07 Å². The first-order chi connectivity index (χ1) is 16.0. The summed E-state index contributed by atoms with van der Waals surface area (Å²) in [5.74, 6) is -0.166. The minimum atomic E-state index is -0.498. The minimum Gasteiger partial charge on any atom is -0.472 e. The third-order valence-corrected chi connectivity index (χ3v) is 6.58. The molecule has 0 bridgehead atoms. The largest absolute Gasteiger partial charge is 0.472 e. The number of amides is 2. The highest BCUT2D eigenvalue weighted by Gasteiger charge is 2.27. The number of ether oxygens (including phenoxy) is 1. The second-order valence-electron chi connectivity index (χ2n) is 7.69. The number of aromatic nitrogens is 1. The predicted octanol–water partition coefficient (Wildman–Crippen LogP) is 4.19. The Kier molecular flexibility index (Phi) is 6.90. The van der Waals surface area contributed by atoms with E-state index in [1.54, 1.807) is 19.1 Å². The molecule has 0 fully saturated rings. The average Bonchev–Trinajstić information content (AvgIpc) is 3.54. The van der Waals surface area contributed by atoms with Gasteiger partial charge in [0.2, 0.25) is 5.91 Å². The van der Waals surface area contributed by atoms with E-state index in [1.165, 1.54) is 36.2 Å². The van der Waals surface area contributed by atoms with E-state index in [-0.39, 0.29) is 25.0 Å². The molecule has 0 aliphatic heterocycles. The van der Waals surface area contributed by atoms with E-state index < -0.39 is 6.09 Å². The quantitative estimate of drug-likeness (QED) is 0.499. The van der Waals surface area contributed by atoms with Crippen LogP contribution in [0.15, 0.2) is 39.9 Å². The van der Waals surface area contributed by atoms with Gasteiger partial charge in [-0.25, -0.2) is 4.79 Å². The predicted molar refractivity (Wildman–Crippen MR) is 120 cm³/mol. The second kappa shape index (κ2) is 10.2. The number of hydrogen-bond acceptors (Lipinski definition) is 8. The van der Waals surface area contributed by atoms with E-state index >= 15 is 0 Å². The summed E-state index contributed by atoms with van der Waals surface area (Å²) in [7, 11) is 0. The molecule has 0 spiro atoms. The number of hydrogen-bond donors (Lipinski definition) is 2. The lowest BCUT2D eigenvalue weighted by Crippen LogP contribution is -2.27. The number of alkyl carbamates (subject to hydrolysis) is 1. The lowest BCUT2D eigenvalue weighted by molar-refractivity contribution is -0.111. The first-order valence-corrected chi connectivity index (χ1v) is 11.2. The average molecular weight is 467 g/mol. The van der Waals surface area contributed by atoms with E-state index in [2.05, 4.69) is 21.9 Å². The van der Waals surface area contributed by atoms with Gasteiger partial charge in [0.1, 0.15) is 17.3 Å². The van der Waals surface area contributed by atoms with Crippen LogP contribution in [0.3, 0.4) is 0 Å². The number of nitrogens with one attached hydrogen (secondary N) is 2. The van der Waals surface area contributed by atoms with Crippen molar-refractivity contribution >= 4 is 34.4 Å². The van der Waals surface area contributed by atoms with Gasteiger partial charge in [0.25, 0.3) is 0 Å². The molecule has 2 amide bonds. The van der Waals surface area contributed by atoms with Crippen molar-refractivity contribution in [2.24, 2.45) is 5.92 Å². The van der Waals surface area contributed by atoms with Crippen molar-refractivity contribution in [3.05, 3.63) is 63.8 Å². The molecule has 3 aromatic rings. The Morgan fingerprint density at radius 1 is 1.42 bits per heavy atom. The van der Waals surface area contributed by atoms with E-state index in [9.17, 15) is 14.9 Å². The summed E-state index contributed by atoms with van der Waals surface area (Å²) < 4.78 is 15.2. The molecule has 1 unspecified atom stereocenters. The van der Waals surface area contributed by atoms with Crippen LogP contribution in [-0.2, 0) is 28.9 Å². The van der Waals surface area contributed by atoms with E-state index in [1.807, 2.05) is 0 Å². The SMILES string of the molecule is Cc1nocc1CNC(=O)OCC1CCc2c(sc(NC(=O)C=Cc3ccoc3)c2C#N)C1. The molecular formula is C23H22N4O5S. The normalized spacial score (nSPS) is 15.1. The summed E-state index contributed by atoms with van der Waals surface area (Å²) in [6, 6.07) is 3.97. The van der Waals surface area contributed by atoms with Crippen LogP contribution in [0.1, 0.15) is 39.2 Å². The van der Waals surface area contributed by atoms with Crippen LogP contribution in [0.2, 0.25) is 0 Å². The third-order valence-electron chi connectivity index (χ3n) is 5.41. The summed E-state index contributed by atoms with van der Waals surface area (Å²) in [6.45, 7) is 2.37. The highest BCUT2D eigenvalue weighted by atomic mass is 32.1. The summed E-state index contributed by atoms with van der Waals surface area (Å²) in [5, 5.41) is 19.5. The zero-order valence-corrected chi connectivity index (χ0v) is 18.7. The molecule has 3 aromatic heterocycles. The van der Waals surface area contributed by atoms with Gasteiger partial charge in [0.15, 0.2) is 0 Å². The molecule has 0 aromatic carbocycles. The van der Waals surface area contributed by atoms with Crippen molar-refractivity contribution in [1.82, 2.24) is 10.5 Å². The molecule has 33 heavy (non-hydrogen) atoms. The van der Waals surface area contributed by atoms with Crippen molar-refractivity contribution < 1.29 is 23.3 Å². The summed E-state index contributed by atoms with van der Waals surface area (Å²) in [6.07, 6.45) is 9.28. The standard InChI is InChI=1S/C23H22N4O5S/c1-14-17(13-32-27-14)10-25-23(29)31-12-16-2-4-18-19(9-24)22(33-20(18)8-16)26-21(28)5-3-15-6-7-30-11-15/h3,5-7,11,13,16H,2,4,8,10,12H2,1H3,(H,25,29)(H,26,28). The molecule has 0 radical (unpaired) electrons. The van der Waals surface area contributed by atoms with Crippen LogP contribution in [0, 0.1) is 24.2 Å². The lowest BCUT2D eigenvalue weighted by atomic mass is 9.88. The van der Waals surface area contributed by atoms with E-state index in [0.29, 0.717) is 23.4 Å². The minimum absolute atomic E-state index is 0.148. The molecule has 3 heterocycles. The number of carbonyl (C=O) groups is 2. The van der Waals surface area contributed by atoms with Crippen molar-refractivity contribution in [3.63, 3.8) is 0 Å². The van der Waals surface area contributed by atoms with Gasteiger partial charge < -0.3 is 24.3 Å². The topological polar surface area (TPSA) is 130 Å². The fourth-order valence-electron chi connectivity index (χ4n) is 3.59. The zero-order chi connectivity index (χ0) is 23.2. The van der Waals surface area contributed by atoms with Crippen LogP contribution >= 0.6 is 11.3 Å². The first kappa shape index (κ1) is 22.4. The zero-order valence-electron chi connectivity index (χ0n) is 17.9. The smallest absolute Gasteiger partial charge is 0.407 e. The number of thiophene rings is 1. The maximum Gasteiger partial charge on any atom is 0.407 e. The van der Waals surface area contributed by atoms with Crippen LogP contribution in [-0.4, -0.2) is 23.8 Å². The van der Waals surface area contributed by atoms with Gasteiger partial charge in [0, 0.05) is 22.1 Å².